The molecule has 0 saturated carbocycles. The number of rotatable bonds is 8. The van der Waals surface area contributed by atoms with Crippen molar-refractivity contribution in [2.75, 3.05) is 0 Å². The number of fused-ring (bicyclic) bond motifs is 2. The Morgan fingerprint density at radius 3 is 1.22 bits per heavy atom. The van der Waals surface area contributed by atoms with Gasteiger partial charge < -0.3 is 0 Å². The second-order valence-electron chi connectivity index (χ2n) is 14.0. The summed E-state index contributed by atoms with van der Waals surface area (Å²) in [5, 5.41) is 0. The number of hydrogen-bond acceptors (Lipinski definition) is 0. The molecule has 0 nitrogen and oxygen atoms in total. The maximum Gasteiger partial charge on any atom is 0.0634 e. The molecule has 240 valence electrons. The largest absolute Gasteiger partial charge is 0.0634 e. The quantitative estimate of drug-likeness (QED) is 0.157. The summed E-state index contributed by atoms with van der Waals surface area (Å²) in [5.74, 6) is 0. The van der Waals surface area contributed by atoms with Gasteiger partial charge in [-0.15, -0.1) is 0 Å². The lowest BCUT2D eigenvalue weighted by Gasteiger charge is -2.39. The molecule has 0 aliphatic heterocycles. The van der Waals surface area contributed by atoms with Crippen LogP contribution in [0.15, 0.2) is 145 Å². The SMILES string of the molecule is CCc1ccccc1-c1cccc2c1C=C(C(C1=Cc3c(cccc3-c3ccccc3CC)C1)(c1ccc(C)cc1)c1ccc(C)cc1)C2. The van der Waals surface area contributed by atoms with Crippen LogP contribution in [-0.4, -0.2) is 0 Å². The smallest absolute Gasteiger partial charge is 0.0620 e. The van der Waals surface area contributed by atoms with Gasteiger partial charge in [-0.25, -0.2) is 0 Å². The third-order valence-corrected chi connectivity index (χ3v) is 11.1. The first-order valence-corrected chi connectivity index (χ1v) is 18.0. The maximum atomic E-state index is 2.56. The Labute approximate surface area is 292 Å². The molecule has 6 aromatic carbocycles. The van der Waals surface area contributed by atoms with E-state index < -0.39 is 5.41 Å². The van der Waals surface area contributed by atoms with Crippen molar-refractivity contribution in [3.05, 3.63) is 200 Å². The molecule has 6 aromatic rings. The summed E-state index contributed by atoms with van der Waals surface area (Å²) < 4.78 is 0. The van der Waals surface area contributed by atoms with Gasteiger partial charge in [0.25, 0.3) is 0 Å². The minimum atomic E-state index is -0.428. The second-order valence-corrected chi connectivity index (χ2v) is 14.0. The van der Waals surface area contributed by atoms with Crippen LogP contribution in [0.5, 0.6) is 0 Å². The van der Waals surface area contributed by atoms with Crippen molar-refractivity contribution >= 4 is 12.2 Å². The normalized spacial score (nSPS) is 13.6. The minimum absolute atomic E-state index is 0.428. The predicted molar refractivity (Wildman–Crippen MR) is 209 cm³/mol. The van der Waals surface area contributed by atoms with Crippen molar-refractivity contribution in [3.8, 4) is 22.3 Å². The maximum absolute atomic E-state index is 2.56. The van der Waals surface area contributed by atoms with Crippen molar-refractivity contribution < 1.29 is 0 Å². The molecule has 8 rings (SSSR count). The fraction of sp³-hybridized carbons (Fsp3) is 0.184. The van der Waals surface area contributed by atoms with E-state index >= 15 is 0 Å². The van der Waals surface area contributed by atoms with Gasteiger partial charge in [-0.3, -0.25) is 0 Å². The lowest BCUT2D eigenvalue weighted by molar-refractivity contribution is 0.684. The molecule has 49 heavy (non-hydrogen) atoms. The molecular weight excluding hydrogens is 589 g/mol. The van der Waals surface area contributed by atoms with Gasteiger partial charge in [0.2, 0.25) is 0 Å². The Hall–Kier alpha value is -5.20. The highest BCUT2D eigenvalue weighted by molar-refractivity contribution is 5.88. The number of allylic oxidation sites excluding steroid dienone is 2. The van der Waals surface area contributed by atoms with Crippen molar-refractivity contribution in [3.63, 3.8) is 0 Å². The molecule has 0 radical (unpaired) electrons. The molecule has 0 saturated heterocycles. The molecule has 0 N–H and O–H groups in total. The Kier molecular flexibility index (Phi) is 8.04. The fourth-order valence-electron chi connectivity index (χ4n) is 8.59. The first-order chi connectivity index (χ1) is 24.0. The van der Waals surface area contributed by atoms with Crippen LogP contribution in [0.1, 0.15) is 69.5 Å². The van der Waals surface area contributed by atoms with Crippen molar-refractivity contribution in [2.24, 2.45) is 0 Å². The van der Waals surface area contributed by atoms with Crippen molar-refractivity contribution in [1.82, 2.24) is 0 Å². The summed E-state index contributed by atoms with van der Waals surface area (Å²) in [7, 11) is 0. The Morgan fingerprint density at radius 1 is 0.429 bits per heavy atom. The van der Waals surface area contributed by atoms with Crippen LogP contribution < -0.4 is 0 Å². The molecule has 0 aromatic heterocycles. The van der Waals surface area contributed by atoms with Crippen LogP contribution in [0.25, 0.3) is 34.4 Å². The lowest BCUT2D eigenvalue weighted by atomic mass is 9.63. The number of hydrogen-bond donors (Lipinski definition) is 0. The number of aryl methyl sites for hydroxylation is 4. The molecule has 0 heteroatoms. The molecule has 2 aliphatic carbocycles. The average molecular weight is 633 g/mol. The van der Waals surface area contributed by atoms with Gasteiger partial charge in [-0.05, 0) is 117 Å². The summed E-state index contributed by atoms with van der Waals surface area (Å²) in [6, 6.07) is 50.5. The van der Waals surface area contributed by atoms with E-state index in [0.717, 1.165) is 25.7 Å². The molecule has 0 heterocycles. The Bertz CT molecular complexity index is 2080. The van der Waals surface area contributed by atoms with Crippen LogP contribution in [0.2, 0.25) is 0 Å². The zero-order chi connectivity index (χ0) is 33.5. The molecule has 0 amide bonds. The van der Waals surface area contributed by atoms with Crippen molar-refractivity contribution in [1.29, 1.82) is 0 Å². The average Bonchev–Trinajstić information content (AvgIpc) is 3.79. The highest BCUT2D eigenvalue weighted by Gasteiger charge is 2.45. The van der Waals surface area contributed by atoms with E-state index in [2.05, 4.69) is 173 Å². The predicted octanol–water partition coefficient (Wildman–Crippen LogP) is 12.3. The summed E-state index contributed by atoms with van der Waals surface area (Å²) >= 11 is 0. The standard InChI is InChI=1S/C49H44/c1-5-35-13-7-9-17-43(35)45-19-11-15-37-29-41(31-47(37)45)49(39-25-21-33(3)22-26-39,40-27-23-34(4)24-28-40)42-30-38-16-12-20-46(48(38)32-42)44-18-10-8-14-36(44)6-2/h7-28,31-32H,5-6,29-30H2,1-4H3. The summed E-state index contributed by atoms with van der Waals surface area (Å²) in [6.45, 7) is 8.92. The van der Waals surface area contributed by atoms with E-state index in [1.54, 1.807) is 0 Å². The second kappa shape index (κ2) is 12.7. The zero-order valence-corrected chi connectivity index (χ0v) is 29.2. The van der Waals surface area contributed by atoms with Crippen LogP contribution in [-0.2, 0) is 31.1 Å². The zero-order valence-electron chi connectivity index (χ0n) is 29.2. The van der Waals surface area contributed by atoms with Crippen LogP contribution in [0, 0.1) is 13.8 Å². The van der Waals surface area contributed by atoms with E-state index in [0.29, 0.717) is 0 Å². The number of benzene rings is 6. The van der Waals surface area contributed by atoms with Crippen LogP contribution in [0.3, 0.4) is 0 Å². The molecule has 0 unspecified atom stereocenters. The van der Waals surface area contributed by atoms with Gasteiger partial charge in [-0.1, -0.05) is 171 Å². The van der Waals surface area contributed by atoms with Gasteiger partial charge >= 0.3 is 0 Å². The molecule has 0 bridgehead atoms. The van der Waals surface area contributed by atoms with E-state index in [4.69, 9.17) is 0 Å². The van der Waals surface area contributed by atoms with E-state index in [9.17, 15) is 0 Å². The van der Waals surface area contributed by atoms with Crippen LogP contribution in [0.4, 0.5) is 0 Å². The highest BCUT2D eigenvalue weighted by Crippen LogP contribution is 2.54. The van der Waals surface area contributed by atoms with Gasteiger partial charge in [0.1, 0.15) is 0 Å². The third kappa shape index (κ3) is 5.22. The highest BCUT2D eigenvalue weighted by atomic mass is 14.5. The Morgan fingerprint density at radius 2 is 0.816 bits per heavy atom. The van der Waals surface area contributed by atoms with Gasteiger partial charge in [0.05, 0.1) is 5.41 Å². The van der Waals surface area contributed by atoms with Crippen LogP contribution >= 0.6 is 0 Å². The van der Waals surface area contributed by atoms with Gasteiger partial charge in [-0.2, -0.15) is 0 Å². The summed E-state index contributed by atoms with van der Waals surface area (Å²) in [6.07, 6.45) is 8.99. The topological polar surface area (TPSA) is 0 Å². The molecule has 0 spiro atoms. The third-order valence-electron chi connectivity index (χ3n) is 11.1. The lowest BCUT2D eigenvalue weighted by Crippen LogP contribution is -2.33. The minimum Gasteiger partial charge on any atom is -0.0620 e. The molecule has 0 fully saturated rings. The fourth-order valence-corrected chi connectivity index (χ4v) is 8.59. The first-order valence-electron chi connectivity index (χ1n) is 18.0. The molecule has 0 atom stereocenters. The monoisotopic (exact) mass is 632 g/mol. The Balaban J connectivity index is 1.40. The summed E-state index contributed by atoms with van der Waals surface area (Å²) in [4.78, 5) is 0. The van der Waals surface area contributed by atoms with Crippen molar-refractivity contribution in [2.45, 2.75) is 58.8 Å². The first kappa shape index (κ1) is 31.1. The van der Waals surface area contributed by atoms with E-state index in [1.807, 2.05) is 0 Å². The molecule has 2 aliphatic rings. The molecular formula is C49H44. The van der Waals surface area contributed by atoms with Gasteiger partial charge in [0, 0.05) is 0 Å². The summed E-state index contributed by atoms with van der Waals surface area (Å²) in [5.41, 5.74) is 21.5. The van der Waals surface area contributed by atoms with E-state index in [-0.39, 0.29) is 0 Å². The van der Waals surface area contributed by atoms with Gasteiger partial charge in [0.15, 0.2) is 0 Å². The van der Waals surface area contributed by atoms with E-state index in [1.165, 1.54) is 89.0 Å².